The van der Waals surface area contributed by atoms with Gasteiger partial charge in [0.15, 0.2) is 0 Å². The van der Waals surface area contributed by atoms with Crippen LogP contribution in [-0.4, -0.2) is 23.0 Å². The fraction of sp³-hybridized carbons (Fsp3) is 0.111. The third-order valence-electron chi connectivity index (χ3n) is 5.28. The minimum absolute atomic E-state index is 0.199. The van der Waals surface area contributed by atoms with E-state index < -0.39 is 17.9 Å². The average molecular weight is 443 g/mol. The van der Waals surface area contributed by atoms with Crippen molar-refractivity contribution in [1.29, 1.82) is 0 Å². The fourth-order valence-electron chi connectivity index (χ4n) is 3.49. The van der Waals surface area contributed by atoms with Crippen LogP contribution in [-0.2, 0) is 17.8 Å². The van der Waals surface area contributed by atoms with Crippen molar-refractivity contribution in [2.75, 3.05) is 0 Å². The van der Waals surface area contributed by atoms with Crippen LogP contribution < -0.4 is 10.1 Å². The van der Waals surface area contributed by atoms with Crippen molar-refractivity contribution in [1.82, 2.24) is 5.32 Å². The van der Waals surface area contributed by atoms with Crippen LogP contribution in [0, 0.1) is 5.82 Å². The number of amides is 1. The maximum absolute atomic E-state index is 13.0. The lowest BCUT2D eigenvalue weighted by Gasteiger charge is -2.15. The first kappa shape index (κ1) is 22.0. The number of ether oxygens (including phenoxy) is 1. The summed E-state index contributed by atoms with van der Waals surface area (Å²) in [6.07, 6.45) is 0.199. The minimum Gasteiger partial charge on any atom is -0.489 e. The van der Waals surface area contributed by atoms with E-state index in [0.29, 0.717) is 17.9 Å². The molecule has 0 unspecified atom stereocenters. The molecule has 0 bridgehead atoms. The molecule has 0 fully saturated rings. The van der Waals surface area contributed by atoms with Gasteiger partial charge in [0.05, 0.1) is 0 Å². The molecule has 2 N–H and O–H groups in total. The lowest BCUT2D eigenvalue weighted by molar-refractivity contribution is -0.139. The van der Waals surface area contributed by atoms with Crippen LogP contribution in [0.25, 0.3) is 10.8 Å². The molecule has 4 aromatic rings. The Bertz CT molecular complexity index is 1270. The number of carboxylic acid groups (broad SMARTS) is 1. The van der Waals surface area contributed by atoms with E-state index in [1.807, 2.05) is 42.5 Å². The number of carbonyl (C=O) groups is 2. The Kier molecular flexibility index (Phi) is 6.64. The molecule has 166 valence electrons. The van der Waals surface area contributed by atoms with Crippen molar-refractivity contribution in [2.45, 2.75) is 19.1 Å². The van der Waals surface area contributed by atoms with Gasteiger partial charge >= 0.3 is 5.97 Å². The number of halogens is 1. The average Bonchev–Trinajstić information content (AvgIpc) is 2.83. The summed E-state index contributed by atoms with van der Waals surface area (Å²) in [5.41, 5.74) is 2.06. The highest BCUT2D eigenvalue weighted by Gasteiger charge is 2.21. The number of fused-ring (bicyclic) bond motifs is 1. The first-order valence-corrected chi connectivity index (χ1v) is 10.5. The van der Waals surface area contributed by atoms with Gasteiger partial charge in [-0.1, -0.05) is 54.6 Å². The van der Waals surface area contributed by atoms with E-state index in [0.717, 1.165) is 21.9 Å². The number of benzene rings is 4. The van der Waals surface area contributed by atoms with Gasteiger partial charge in [0.2, 0.25) is 0 Å². The van der Waals surface area contributed by atoms with Crippen LogP contribution in [0.1, 0.15) is 21.5 Å². The number of rotatable bonds is 8. The Morgan fingerprint density at radius 3 is 2.27 bits per heavy atom. The summed E-state index contributed by atoms with van der Waals surface area (Å²) in [5.74, 6) is -1.18. The molecule has 6 heteroatoms. The van der Waals surface area contributed by atoms with Gasteiger partial charge < -0.3 is 15.2 Å². The standard InChI is InChI=1S/C27H22FNO4/c28-23-11-6-19(7-12-23)17-33-24-13-10-20-15-22(9-8-21(20)16-24)26(30)29-25(27(31)32)14-18-4-2-1-3-5-18/h1-13,15-16,25H,14,17H2,(H,29,30)(H,31,32)/t25-/m0/s1. The molecule has 0 spiro atoms. The van der Waals surface area contributed by atoms with Gasteiger partial charge in [0.1, 0.15) is 24.2 Å². The van der Waals surface area contributed by atoms with Gasteiger partial charge in [-0.2, -0.15) is 0 Å². The van der Waals surface area contributed by atoms with Gasteiger partial charge in [-0.15, -0.1) is 0 Å². The van der Waals surface area contributed by atoms with Crippen molar-refractivity contribution in [3.63, 3.8) is 0 Å². The highest BCUT2D eigenvalue weighted by atomic mass is 19.1. The number of hydrogen-bond acceptors (Lipinski definition) is 3. The Morgan fingerprint density at radius 1 is 0.848 bits per heavy atom. The maximum Gasteiger partial charge on any atom is 0.326 e. The van der Waals surface area contributed by atoms with Gasteiger partial charge in [-0.25, -0.2) is 9.18 Å². The predicted octanol–water partition coefficient (Wildman–Crippen LogP) is 4.98. The van der Waals surface area contributed by atoms with Crippen LogP contribution in [0.4, 0.5) is 4.39 Å². The Morgan fingerprint density at radius 2 is 1.55 bits per heavy atom. The summed E-state index contributed by atoms with van der Waals surface area (Å²) in [7, 11) is 0. The Hall–Kier alpha value is -4.19. The van der Waals surface area contributed by atoms with E-state index in [1.165, 1.54) is 12.1 Å². The third kappa shape index (κ3) is 5.74. The van der Waals surface area contributed by atoms with Crippen molar-refractivity contribution in [3.8, 4) is 5.75 Å². The number of nitrogens with one attached hydrogen (secondary N) is 1. The first-order chi connectivity index (χ1) is 16.0. The zero-order chi connectivity index (χ0) is 23.2. The highest BCUT2D eigenvalue weighted by Crippen LogP contribution is 2.23. The first-order valence-electron chi connectivity index (χ1n) is 10.5. The second-order valence-corrected chi connectivity index (χ2v) is 7.69. The molecule has 33 heavy (non-hydrogen) atoms. The molecule has 1 atom stereocenters. The molecule has 4 aromatic carbocycles. The normalized spacial score (nSPS) is 11.7. The molecule has 0 aliphatic rings. The van der Waals surface area contributed by atoms with Crippen molar-refractivity contribution < 1.29 is 23.8 Å². The zero-order valence-electron chi connectivity index (χ0n) is 17.7. The smallest absolute Gasteiger partial charge is 0.326 e. The lowest BCUT2D eigenvalue weighted by Crippen LogP contribution is -2.42. The molecular weight excluding hydrogens is 421 g/mol. The molecule has 0 heterocycles. The van der Waals surface area contributed by atoms with Gasteiger partial charge in [0, 0.05) is 12.0 Å². The molecule has 4 rings (SSSR count). The van der Waals surface area contributed by atoms with Crippen LogP contribution in [0.3, 0.4) is 0 Å². The summed E-state index contributed by atoms with van der Waals surface area (Å²) in [4.78, 5) is 24.4. The van der Waals surface area contributed by atoms with Crippen molar-refractivity contribution in [3.05, 3.63) is 114 Å². The van der Waals surface area contributed by atoms with E-state index in [9.17, 15) is 19.1 Å². The molecule has 0 radical (unpaired) electrons. The lowest BCUT2D eigenvalue weighted by atomic mass is 10.0. The van der Waals surface area contributed by atoms with Crippen LogP contribution in [0.5, 0.6) is 5.75 Å². The van der Waals surface area contributed by atoms with Crippen LogP contribution in [0.2, 0.25) is 0 Å². The summed E-state index contributed by atoms with van der Waals surface area (Å²) in [6, 6.07) is 24.9. The number of carbonyl (C=O) groups excluding carboxylic acids is 1. The number of carboxylic acids is 1. The van der Waals surface area contributed by atoms with Gasteiger partial charge in [-0.3, -0.25) is 4.79 Å². The summed E-state index contributed by atoms with van der Waals surface area (Å²) >= 11 is 0. The zero-order valence-corrected chi connectivity index (χ0v) is 17.7. The summed E-state index contributed by atoms with van der Waals surface area (Å²) in [6.45, 7) is 0.310. The Balaban J connectivity index is 1.44. The second-order valence-electron chi connectivity index (χ2n) is 7.69. The van der Waals surface area contributed by atoms with Crippen molar-refractivity contribution >= 4 is 22.6 Å². The van der Waals surface area contributed by atoms with Gasteiger partial charge in [-0.05, 0) is 58.3 Å². The van der Waals surface area contributed by atoms with Crippen LogP contribution in [0.15, 0.2) is 91.0 Å². The third-order valence-corrected chi connectivity index (χ3v) is 5.28. The molecule has 0 aliphatic heterocycles. The number of hydrogen-bond donors (Lipinski definition) is 2. The SMILES string of the molecule is O=C(N[C@@H](Cc1ccccc1)C(=O)O)c1ccc2cc(OCc3ccc(F)cc3)ccc2c1. The number of aliphatic carboxylic acids is 1. The van der Waals surface area contributed by atoms with E-state index in [1.54, 1.807) is 36.4 Å². The molecule has 1 amide bonds. The monoisotopic (exact) mass is 443 g/mol. The Labute approximate surface area is 190 Å². The van der Waals surface area contributed by atoms with E-state index in [4.69, 9.17) is 4.74 Å². The quantitative estimate of drug-likeness (QED) is 0.403. The summed E-state index contributed by atoms with van der Waals surface area (Å²) in [5, 5.41) is 13.8. The molecule has 0 saturated carbocycles. The minimum atomic E-state index is -1.09. The van der Waals surface area contributed by atoms with Crippen molar-refractivity contribution in [2.24, 2.45) is 0 Å². The summed E-state index contributed by atoms with van der Waals surface area (Å²) < 4.78 is 18.8. The molecule has 0 aliphatic carbocycles. The molecule has 5 nitrogen and oxygen atoms in total. The fourth-order valence-corrected chi connectivity index (χ4v) is 3.49. The van der Waals surface area contributed by atoms with E-state index in [-0.39, 0.29) is 12.2 Å². The maximum atomic E-state index is 13.0. The van der Waals surface area contributed by atoms with Gasteiger partial charge in [0.25, 0.3) is 5.91 Å². The molecular formula is C27H22FNO4. The van der Waals surface area contributed by atoms with E-state index >= 15 is 0 Å². The molecule has 0 saturated heterocycles. The second kappa shape index (κ2) is 9.96. The predicted molar refractivity (Wildman–Crippen MR) is 124 cm³/mol. The largest absolute Gasteiger partial charge is 0.489 e. The molecule has 0 aromatic heterocycles. The van der Waals surface area contributed by atoms with E-state index in [2.05, 4.69) is 5.32 Å². The highest BCUT2D eigenvalue weighted by molar-refractivity contribution is 6.00. The topological polar surface area (TPSA) is 75.6 Å². The van der Waals surface area contributed by atoms with Crippen LogP contribution >= 0.6 is 0 Å².